The first-order chi connectivity index (χ1) is 23.7. The van der Waals surface area contributed by atoms with Crippen LogP contribution in [0.5, 0.6) is 11.5 Å². The maximum Gasteiger partial charge on any atom is 0.324 e. The Bertz CT molecular complexity index is 1460. The average molecular weight is 773 g/mol. The van der Waals surface area contributed by atoms with Gasteiger partial charge in [0.15, 0.2) is 0 Å². The Morgan fingerprint density at radius 2 is 0.784 bits per heavy atom. The van der Waals surface area contributed by atoms with E-state index in [0.29, 0.717) is 68.6 Å². The summed E-state index contributed by atoms with van der Waals surface area (Å²) in [5.41, 5.74) is -6.00. The number of phenolic OH excluding ortho intramolecular Hbond substituents is 2. The second-order valence-corrected chi connectivity index (χ2v) is 10.0. The Balaban J connectivity index is 0.000000738. The molecule has 51 heavy (non-hydrogen) atoms. The minimum absolute atomic E-state index is 0.0544. The third-order valence-electron chi connectivity index (χ3n) is 5.79. The van der Waals surface area contributed by atoms with Crippen LogP contribution in [0.1, 0.15) is 6.42 Å². The lowest BCUT2D eigenvalue weighted by Gasteiger charge is -2.22. The molecule has 0 aliphatic rings. The summed E-state index contributed by atoms with van der Waals surface area (Å²) >= 11 is 11.2. The predicted molar refractivity (Wildman–Crippen MR) is 170 cm³/mol. The van der Waals surface area contributed by atoms with Crippen LogP contribution in [0.4, 0.5) is 34.1 Å². The van der Waals surface area contributed by atoms with Crippen molar-refractivity contribution in [3.63, 3.8) is 0 Å². The molecule has 0 spiro atoms. The number of carboxylic acid groups (broad SMARTS) is 2. The Morgan fingerprint density at radius 1 is 0.529 bits per heavy atom. The SMILES string of the molecule is O=C(O)CN(CCCl)CCCN(CCCl)CC(=O)O.O=[N+]([O-])c1cc([N+](=O)[O-])c(O)c([N+](=O)[O-])c1.O=[N+]([O-])c1cc([N+](=O)[O-])c(O)c([N+](=O)[O-])c1. The van der Waals surface area contributed by atoms with Gasteiger partial charge in [0.25, 0.3) is 22.9 Å². The number of hydrogen-bond acceptors (Lipinski definition) is 18. The van der Waals surface area contributed by atoms with Crippen molar-refractivity contribution in [2.75, 3.05) is 51.0 Å². The third kappa shape index (κ3) is 15.8. The molecule has 0 atom stereocenters. The van der Waals surface area contributed by atoms with E-state index in [1.807, 2.05) is 0 Å². The maximum absolute atomic E-state index is 10.6. The number of benzene rings is 2. The van der Waals surface area contributed by atoms with E-state index in [0.717, 1.165) is 0 Å². The summed E-state index contributed by atoms with van der Waals surface area (Å²) in [5.74, 6) is -3.47. The molecule has 26 nitrogen and oxygen atoms in total. The molecule has 0 saturated heterocycles. The fraction of sp³-hybridized carbons (Fsp3) is 0.391. The molecule has 0 aromatic heterocycles. The highest BCUT2D eigenvalue weighted by molar-refractivity contribution is 6.18. The zero-order valence-corrected chi connectivity index (χ0v) is 27.0. The molecular weight excluding hydrogens is 747 g/mol. The molecular formula is C23H26Cl2N8O18. The number of aliphatic carboxylic acids is 2. The van der Waals surface area contributed by atoms with Crippen LogP contribution in [0.15, 0.2) is 24.3 Å². The summed E-state index contributed by atoms with van der Waals surface area (Å²) in [6.45, 7) is 2.03. The standard InChI is InChI=1S/C11H20Cl2N2O4.2C6H3N3O7/c12-2-6-14(8-10(16)17)4-1-5-15(7-3-13)9-11(18)19;2*10-6-4(8(13)14)1-3(7(11)12)2-5(6)9(15)16/h1-9H2,(H,16,17)(H,18,19);2*1-2,10H. The molecule has 0 aliphatic carbocycles. The number of carboxylic acids is 2. The fourth-order valence-corrected chi connectivity index (χ4v) is 4.10. The van der Waals surface area contributed by atoms with Crippen LogP contribution in [0, 0.1) is 60.7 Å². The smallest absolute Gasteiger partial charge is 0.324 e. The van der Waals surface area contributed by atoms with Crippen molar-refractivity contribution >= 4 is 69.3 Å². The first kappa shape index (κ1) is 44.9. The van der Waals surface area contributed by atoms with Gasteiger partial charge in [0.2, 0.25) is 0 Å². The van der Waals surface area contributed by atoms with Gasteiger partial charge in [0.05, 0.1) is 66.9 Å². The van der Waals surface area contributed by atoms with Gasteiger partial charge < -0.3 is 20.4 Å². The topological polar surface area (TPSA) is 380 Å². The Morgan fingerprint density at radius 3 is 0.961 bits per heavy atom. The lowest BCUT2D eigenvalue weighted by molar-refractivity contribution is -0.404. The minimum atomic E-state index is -1.21. The van der Waals surface area contributed by atoms with Gasteiger partial charge in [-0.2, -0.15) is 0 Å². The molecule has 280 valence electrons. The molecule has 2 aromatic carbocycles. The van der Waals surface area contributed by atoms with E-state index in [2.05, 4.69) is 0 Å². The normalized spacial score (nSPS) is 10.3. The summed E-state index contributed by atoms with van der Waals surface area (Å²) < 4.78 is 0. The van der Waals surface area contributed by atoms with Crippen molar-refractivity contribution in [3.8, 4) is 11.5 Å². The number of carbonyl (C=O) groups is 2. The second kappa shape index (κ2) is 21.8. The van der Waals surface area contributed by atoms with Gasteiger partial charge in [-0.25, -0.2) is 0 Å². The summed E-state index contributed by atoms with van der Waals surface area (Å²) in [6.07, 6.45) is 0.675. The number of non-ortho nitro benzene ring substituents is 2. The summed E-state index contributed by atoms with van der Waals surface area (Å²) in [4.78, 5) is 80.3. The molecule has 0 fully saturated rings. The summed E-state index contributed by atoms with van der Waals surface area (Å²) in [6, 6.07) is 1.79. The van der Waals surface area contributed by atoms with Gasteiger partial charge >= 0.3 is 34.7 Å². The Labute approximate surface area is 292 Å². The number of aromatic hydroxyl groups is 2. The number of hydrogen-bond donors (Lipinski definition) is 4. The van der Waals surface area contributed by atoms with E-state index < -0.39 is 87.1 Å². The fourth-order valence-electron chi connectivity index (χ4n) is 3.63. The number of alkyl halides is 2. The minimum Gasteiger partial charge on any atom is -0.497 e. The summed E-state index contributed by atoms with van der Waals surface area (Å²) in [5, 5.41) is 97.9. The molecule has 0 amide bonds. The highest BCUT2D eigenvalue weighted by Gasteiger charge is 2.31. The van der Waals surface area contributed by atoms with Crippen LogP contribution in [-0.2, 0) is 9.59 Å². The largest absolute Gasteiger partial charge is 0.497 e. The number of phenols is 2. The van der Waals surface area contributed by atoms with Gasteiger partial charge in [-0.3, -0.25) is 80.1 Å². The second-order valence-electron chi connectivity index (χ2n) is 9.28. The first-order valence-electron chi connectivity index (χ1n) is 13.3. The van der Waals surface area contributed by atoms with E-state index in [4.69, 9.17) is 43.6 Å². The van der Waals surface area contributed by atoms with Crippen LogP contribution in [0.2, 0.25) is 0 Å². The number of halogens is 2. The van der Waals surface area contributed by atoms with E-state index in [1.165, 1.54) is 0 Å². The maximum atomic E-state index is 10.6. The highest BCUT2D eigenvalue weighted by atomic mass is 35.5. The lowest BCUT2D eigenvalue weighted by atomic mass is 10.2. The summed E-state index contributed by atoms with van der Waals surface area (Å²) in [7, 11) is 0. The van der Waals surface area contributed by atoms with Gasteiger partial charge in [-0.1, -0.05) is 0 Å². The predicted octanol–water partition coefficient (Wildman–Crippen LogP) is 2.86. The van der Waals surface area contributed by atoms with Crippen molar-refractivity contribution in [2.45, 2.75) is 6.42 Å². The number of nitrogens with zero attached hydrogens (tertiary/aromatic N) is 8. The number of nitro groups is 6. The molecule has 4 N–H and O–H groups in total. The molecule has 2 rings (SSSR count). The Hall–Kier alpha value is -6.12. The van der Waals surface area contributed by atoms with Gasteiger partial charge in [0, 0.05) is 24.8 Å². The van der Waals surface area contributed by atoms with Crippen molar-refractivity contribution in [1.29, 1.82) is 0 Å². The highest BCUT2D eigenvalue weighted by Crippen LogP contribution is 2.40. The molecule has 2 aromatic rings. The molecule has 0 saturated carbocycles. The van der Waals surface area contributed by atoms with Crippen LogP contribution >= 0.6 is 23.2 Å². The third-order valence-corrected chi connectivity index (χ3v) is 6.12. The van der Waals surface area contributed by atoms with E-state index in [1.54, 1.807) is 9.80 Å². The quantitative estimate of drug-likeness (QED) is 0.0960. The number of nitro benzene ring substituents is 6. The van der Waals surface area contributed by atoms with Crippen molar-refractivity contribution in [3.05, 3.63) is 85.0 Å². The van der Waals surface area contributed by atoms with Crippen molar-refractivity contribution < 1.29 is 59.6 Å². The molecule has 28 heteroatoms. The number of rotatable bonds is 18. The zero-order valence-electron chi connectivity index (χ0n) is 25.5. The average Bonchev–Trinajstić information content (AvgIpc) is 3.00. The van der Waals surface area contributed by atoms with Crippen molar-refractivity contribution in [1.82, 2.24) is 9.80 Å². The van der Waals surface area contributed by atoms with E-state index >= 15 is 0 Å². The van der Waals surface area contributed by atoms with Gasteiger partial charge in [-0.15, -0.1) is 23.2 Å². The van der Waals surface area contributed by atoms with E-state index in [9.17, 15) is 70.3 Å². The van der Waals surface area contributed by atoms with Crippen molar-refractivity contribution in [2.24, 2.45) is 0 Å². The molecule has 0 heterocycles. The van der Waals surface area contributed by atoms with Crippen LogP contribution in [-0.4, -0.2) is 123 Å². The molecule has 0 radical (unpaired) electrons. The molecule has 0 aliphatic heterocycles. The van der Waals surface area contributed by atoms with E-state index in [-0.39, 0.29) is 13.1 Å². The van der Waals surface area contributed by atoms with Crippen LogP contribution in [0.25, 0.3) is 0 Å². The molecule has 0 unspecified atom stereocenters. The Kier molecular flexibility index (Phi) is 19.2. The van der Waals surface area contributed by atoms with Gasteiger partial charge in [-0.05, 0) is 19.5 Å². The molecule has 0 bridgehead atoms. The van der Waals surface area contributed by atoms with Crippen LogP contribution in [0.3, 0.4) is 0 Å². The monoisotopic (exact) mass is 772 g/mol. The lowest BCUT2D eigenvalue weighted by Crippen LogP contribution is -2.36. The first-order valence-corrected chi connectivity index (χ1v) is 14.4. The van der Waals surface area contributed by atoms with Gasteiger partial charge in [0.1, 0.15) is 0 Å². The van der Waals surface area contributed by atoms with Crippen LogP contribution < -0.4 is 0 Å². The zero-order chi connectivity index (χ0) is 39.6.